The van der Waals surface area contributed by atoms with E-state index < -0.39 is 5.97 Å². The number of benzene rings is 3. The molecule has 0 amide bonds. The minimum Gasteiger partial charge on any atom is -0.489 e. The average Bonchev–Trinajstić information content (AvgIpc) is 2.76. The van der Waals surface area contributed by atoms with Crippen molar-refractivity contribution in [2.24, 2.45) is 0 Å². The summed E-state index contributed by atoms with van der Waals surface area (Å²) in [5.74, 6) is -0.249. The number of nitriles is 1. The highest BCUT2D eigenvalue weighted by Gasteiger charge is 2.14. The van der Waals surface area contributed by atoms with Crippen molar-refractivity contribution in [2.75, 3.05) is 11.4 Å². The Labute approximate surface area is 176 Å². The number of carbonyl (C=O) groups is 1. The zero-order valence-electron chi connectivity index (χ0n) is 17.1. The Kier molecular flexibility index (Phi) is 6.71. The van der Waals surface area contributed by atoms with Gasteiger partial charge in [0.25, 0.3) is 0 Å². The SMILES string of the molecule is CCN(Cc1ccc(C#N)cc1OCc1ccccc1)c1ccc(C(=O)O)c(C)c1. The van der Waals surface area contributed by atoms with Gasteiger partial charge >= 0.3 is 5.97 Å². The van der Waals surface area contributed by atoms with E-state index in [1.165, 1.54) is 0 Å². The minimum absolute atomic E-state index is 0.306. The van der Waals surface area contributed by atoms with Gasteiger partial charge in [0.1, 0.15) is 12.4 Å². The van der Waals surface area contributed by atoms with E-state index in [1.807, 2.05) is 48.5 Å². The summed E-state index contributed by atoms with van der Waals surface area (Å²) in [6.45, 7) is 5.59. The second-order valence-electron chi connectivity index (χ2n) is 7.03. The van der Waals surface area contributed by atoms with E-state index in [-0.39, 0.29) is 0 Å². The van der Waals surface area contributed by atoms with Crippen molar-refractivity contribution in [1.82, 2.24) is 0 Å². The van der Waals surface area contributed by atoms with Crippen LogP contribution in [0.2, 0.25) is 0 Å². The zero-order valence-corrected chi connectivity index (χ0v) is 17.1. The second-order valence-corrected chi connectivity index (χ2v) is 7.03. The molecule has 3 aromatic rings. The van der Waals surface area contributed by atoms with Gasteiger partial charge in [-0.1, -0.05) is 36.4 Å². The summed E-state index contributed by atoms with van der Waals surface area (Å²) >= 11 is 0. The lowest BCUT2D eigenvalue weighted by molar-refractivity contribution is 0.0696. The number of ether oxygens (including phenoxy) is 1. The molecule has 0 spiro atoms. The van der Waals surface area contributed by atoms with E-state index in [2.05, 4.69) is 17.9 Å². The molecule has 30 heavy (non-hydrogen) atoms. The van der Waals surface area contributed by atoms with Crippen LogP contribution in [0.1, 0.15) is 39.5 Å². The van der Waals surface area contributed by atoms with Crippen molar-refractivity contribution in [3.8, 4) is 11.8 Å². The van der Waals surface area contributed by atoms with Crippen LogP contribution in [0.15, 0.2) is 66.7 Å². The Morgan fingerprint density at radius 1 is 1.10 bits per heavy atom. The van der Waals surface area contributed by atoms with Crippen molar-refractivity contribution in [1.29, 1.82) is 5.26 Å². The van der Waals surface area contributed by atoms with Crippen molar-refractivity contribution in [3.05, 3.63) is 94.5 Å². The molecule has 0 radical (unpaired) electrons. The molecule has 0 unspecified atom stereocenters. The quantitative estimate of drug-likeness (QED) is 0.565. The highest BCUT2D eigenvalue weighted by molar-refractivity contribution is 5.89. The molecule has 0 aliphatic rings. The first-order valence-corrected chi connectivity index (χ1v) is 9.80. The van der Waals surface area contributed by atoms with Gasteiger partial charge in [-0.2, -0.15) is 5.26 Å². The van der Waals surface area contributed by atoms with Crippen LogP contribution in [-0.2, 0) is 13.2 Å². The summed E-state index contributed by atoms with van der Waals surface area (Å²) in [4.78, 5) is 13.4. The summed E-state index contributed by atoms with van der Waals surface area (Å²) in [5, 5.41) is 18.6. The predicted octanol–water partition coefficient (Wildman–Crippen LogP) is 5.17. The number of aryl methyl sites for hydroxylation is 1. The molecule has 5 nitrogen and oxygen atoms in total. The first-order valence-electron chi connectivity index (χ1n) is 9.80. The van der Waals surface area contributed by atoms with Crippen molar-refractivity contribution < 1.29 is 14.6 Å². The fourth-order valence-electron chi connectivity index (χ4n) is 3.30. The molecule has 0 heterocycles. The lowest BCUT2D eigenvalue weighted by Gasteiger charge is -2.25. The number of aromatic carboxylic acids is 1. The summed E-state index contributed by atoms with van der Waals surface area (Å²) in [6, 6.07) is 22.9. The maximum atomic E-state index is 11.3. The van der Waals surface area contributed by atoms with Gasteiger partial charge in [-0.3, -0.25) is 0 Å². The third-order valence-electron chi connectivity index (χ3n) is 4.98. The molecule has 0 aliphatic heterocycles. The third-order valence-corrected chi connectivity index (χ3v) is 4.98. The molecule has 0 bridgehead atoms. The van der Waals surface area contributed by atoms with Gasteiger partial charge in [0.2, 0.25) is 0 Å². The van der Waals surface area contributed by atoms with E-state index in [4.69, 9.17) is 4.74 Å². The Bertz CT molecular complexity index is 1070. The number of hydrogen-bond acceptors (Lipinski definition) is 4. The highest BCUT2D eigenvalue weighted by atomic mass is 16.5. The van der Waals surface area contributed by atoms with Crippen molar-refractivity contribution in [3.63, 3.8) is 0 Å². The van der Waals surface area contributed by atoms with Gasteiger partial charge < -0.3 is 14.7 Å². The Morgan fingerprint density at radius 3 is 2.50 bits per heavy atom. The molecule has 3 aromatic carbocycles. The van der Waals surface area contributed by atoms with Gasteiger partial charge in [0.15, 0.2) is 0 Å². The van der Waals surface area contributed by atoms with E-state index in [0.29, 0.717) is 30.0 Å². The first-order chi connectivity index (χ1) is 14.5. The number of anilines is 1. The molecule has 1 N–H and O–H groups in total. The Morgan fingerprint density at radius 2 is 1.87 bits per heavy atom. The predicted molar refractivity (Wildman–Crippen MR) is 117 cm³/mol. The maximum Gasteiger partial charge on any atom is 0.335 e. The van der Waals surface area contributed by atoms with Gasteiger partial charge in [0, 0.05) is 24.3 Å². The molecule has 0 atom stereocenters. The van der Waals surface area contributed by atoms with Gasteiger partial charge in [-0.15, -0.1) is 0 Å². The lowest BCUT2D eigenvalue weighted by atomic mass is 10.1. The zero-order chi connectivity index (χ0) is 21.5. The summed E-state index contributed by atoms with van der Waals surface area (Å²) < 4.78 is 6.07. The smallest absolute Gasteiger partial charge is 0.335 e. The Hall–Kier alpha value is -3.78. The molecule has 0 saturated heterocycles. The number of rotatable bonds is 8. The average molecular weight is 400 g/mol. The fraction of sp³-hybridized carbons (Fsp3) is 0.200. The van der Waals surface area contributed by atoms with Crippen molar-refractivity contribution in [2.45, 2.75) is 27.0 Å². The summed E-state index contributed by atoms with van der Waals surface area (Å²) in [7, 11) is 0. The molecule has 5 heteroatoms. The fourth-order valence-corrected chi connectivity index (χ4v) is 3.30. The Balaban J connectivity index is 1.85. The number of nitrogens with zero attached hydrogens (tertiary/aromatic N) is 2. The molecule has 0 aromatic heterocycles. The van der Waals surface area contributed by atoms with Crippen LogP contribution in [0, 0.1) is 18.3 Å². The van der Waals surface area contributed by atoms with Crippen LogP contribution in [0.5, 0.6) is 5.75 Å². The molecule has 3 rings (SSSR count). The lowest BCUT2D eigenvalue weighted by Crippen LogP contribution is -2.22. The van der Waals surface area contributed by atoms with Gasteiger partial charge in [-0.05, 0) is 55.3 Å². The molecule has 0 aliphatic carbocycles. The second kappa shape index (κ2) is 9.62. The molecule has 0 saturated carbocycles. The standard InChI is InChI=1S/C25H24N2O3/c1-3-27(22-11-12-23(25(28)29)18(2)13-22)16-21-10-9-20(15-26)14-24(21)30-17-19-7-5-4-6-8-19/h4-14H,3,16-17H2,1-2H3,(H,28,29). The summed E-state index contributed by atoms with van der Waals surface area (Å²) in [5.41, 5.74) is 4.54. The van der Waals surface area contributed by atoms with Gasteiger partial charge in [0.05, 0.1) is 17.2 Å². The van der Waals surface area contributed by atoms with Crippen LogP contribution in [0.25, 0.3) is 0 Å². The minimum atomic E-state index is -0.925. The van der Waals surface area contributed by atoms with Crippen LogP contribution < -0.4 is 9.64 Å². The van der Waals surface area contributed by atoms with Crippen LogP contribution >= 0.6 is 0 Å². The number of carboxylic acid groups (broad SMARTS) is 1. The van der Waals surface area contributed by atoms with Crippen LogP contribution in [0.4, 0.5) is 5.69 Å². The molecule has 152 valence electrons. The number of hydrogen-bond donors (Lipinski definition) is 1. The van der Waals surface area contributed by atoms with E-state index in [1.54, 1.807) is 25.1 Å². The third kappa shape index (κ3) is 4.98. The molecular formula is C25H24N2O3. The maximum absolute atomic E-state index is 11.3. The van der Waals surface area contributed by atoms with E-state index in [0.717, 1.165) is 28.9 Å². The van der Waals surface area contributed by atoms with Gasteiger partial charge in [-0.25, -0.2) is 4.79 Å². The first kappa shape index (κ1) is 20.9. The number of carboxylic acids is 1. The van der Waals surface area contributed by atoms with Crippen LogP contribution in [-0.4, -0.2) is 17.6 Å². The molecule has 0 fully saturated rings. The summed E-state index contributed by atoms with van der Waals surface area (Å²) in [6.07, 6.45) is 0. The monoisotopic (exact) mass is 400 g/mol. The highest BCUT2D eigenvalue weighted by Crippen LogP contribution is 2.27. The van der Waals surface area contributed by atoms with E-state index in [9.17, 15) is 15.2 Å². The normalized spacial score (nSPS) is 10.3. The van der Waals surface area contributed by atoms with Crippen LogP contribution in [0.3, 0.4) is 0 Å². The largest absolute Gasteiger partial charge is 0.489 e. The molecular weight excluding hydrogens is 376 g/mol. The van der Waals surface area contributed by atoms with Crippen molar-refractivity contribution >= 4 is 11.7 Å². The topological polar surface area (TPSA) is 73.6 Å². The van der Waals surface area contributed by atoms with E-state index >= 15 is 0 Å².